The van der Waals surface area contributed by atoms with Crippen molar-refractivity contribution in [2.45, 2.75) is 39.0 Å². The lowest BCUT2D eigenvalue weighted by Crippen LogP contribution is -2.39. The molecule has 5 rings (SSSR count). The Morgan fingerprint density at radius 1 is 1.03 bits per heavy atom. The summed E-state index contributed by atoms with van der Waals surface area (Å²) in [6.45, 7) is 3.15. The molecule has 0 saturated carbocycles. The molecule has 1 unspecified atom stereocenters. The molecular weight excluding hydrogens is 446 g/mol. The average Bonchev–Trinajstić information content (AvgIpc) is 3.25. The van der Waals surface area contributed by atoms with Crippen molar-refractivity contribution in [1.82, 2.24) is 9.78 Å². The summed E-state index contributed by atoms with van der Waals surface area (Å²) in [6.07, 6.45) is 7.35. The van der Waals surface area contributed by atoms with E-state index in [2.05, 4.69) is 5.10 Å². The first kappa shape index (κ1) is 22.9. The van der Waals surface area contributed by atoms with E-state index >= 15 is 0 Å². The molecule has 0 radical (unpaired) electrons. The number of amides is 3. The number of allylic oxidation sites excluding steroid dienone is 4. The number of hydrogen-bond acceptors (Lipinski definition) is 5. The number of carbonyl (C=O) groups is 3. The Labute approximate surface area is 203 Å². The maximum absolute atomic E-state index is 13.8. The summed E-state index contributed by atoms with van der Waals surface area (Å²) >= 11 is 0. The molecule has 1 aliphatic carbocycles. The van der Waals surface area contributed by atoms with Gasteiger partial charge in [-0.3, -0.25) is 14.4 Å². The number of nitrogens with zero attached hydrogens (tertiary/aromatic N) is 4. The molecule has 1 saturated heterocycles. The third-order valence-corrected chi connectivity index (χ3v) is 7.01. The number of ether oxygens (including phenoxy) is 1. The summed E-state index contributed by atoms with van der Waals surface area (Å²) in [7, 11) is 1.63. The number of hydrogen-bond donors (Lipinski definition) is 1. The highest BCUT2D eigenvalue weighted by atomic mass is 16.5. The van der Waals surface area contributed by atoms with Gasteiger partial charge in [0.25, 0.3) is 11.8 Å². The lowest BCUT2D eigenvalue weighted by Gasteiger charge is -2.30. The zero-order valence-electron chi connectivity index (χ0n) is 20.0. The summed E-state index contributed by atoms with van der Waals surface area (Å²) < 4.78 is 6.95. The van der Waals surface area contributed by atoms with E-state index in [0.717, 1.165) is 35.7 Å². The molecule has 2 N–H and O–H groups in total. The molecule has 35 heavy (non-hydrogen) atoms. The van der Waals surface area contributed by atoms with E-state index in [4.69, 9.17) is 10.5 Å². The minimum Gasteiger partial charge on any atom is -0.501 e. The first-order valence-electron chi connectivity index (χ1n) is 12.0. The van der Waals surface area contributed by atoms with Crippen LogP contribution >= 0.6 is 0 Å². The van der Waals surface area contributed by atoms with Gasteiger partial charge in [0.2, 0.25) is 5.91 Å². The molecule has 9 nitrogen and oxygen atoms in total. The quantitative estimate of drug-likeness (QED) is 0.714. The molecule has 0 spiro atoms. The molecule has 182 valence electrons. The van der Waals surface area contributed by atoms with E-state index in [-0.39, 0.29) is 23.4 Å². The van der Waals surface area contributed by atoms with Crippen LogP contribution in [0.15, 0.2) is 42.2 Å². The van der Waals surface area contributed by atoms with Crippen LogP contribution in [0.5, 0.6) is 0 Å². The second kappa shape index (κ2) is 9.05. The zero-order chi connectivity index (χ0) is 24.7. The second-order valence-electron chi connectivity index (χ2n) is 9.21. The fraction of sp³-hybridized carbons (Fsp3) is 0.385. The molecule has 2 aliphatic heterocycles. The van der Waals surface area contributed by atoms with Crippen LogP contribution in [0.25, 0.3) is 5.70 Å². The Balaban J connectivity index is 1.50. The van der Waals surface area contributed by atoms with Crippen LogP contribution in [0.3, 0.4) is 0 Å². The Kier molecular flexibility index (Phi) is 5.92. The Hall–Kier alpha value is -3.88. The van der Waals surface area contributed by atoms with Gasteiger partial charge < -0.3 is 20.3 Å². The molecule has 1 fully saturated rings. The molecule has 9 heteroatoms. The largest absolute Gasteiger partial charge is 0.501 e. The predicted octanol–water partition coefficient (Wildman–Crippen LogP) is 3.11. The first-order valence-corrected chi connectivity index (χ1v) is 12.0. The molecule has 3 amide bonds. The number of nitrogens with two attached hydrogens (primary N) is 1. The highest BCUT2D eigenvalue weighted by molar-refractivity contribution is 6.10. The van der Waals surface area contributed by atoms with E-state index < -0.39 is 5.91 Å². The molecule has 3 aliphatic rings. The Bertz CT molecular complexity index is 1260. The van der Waals surface area contributed by atoms with E-state index in [1.54, 1.807) is 21.6 Å². The van der Waals surface area contributed by atoms with Gasteiger partial charge in [0, 0.05) is 54.5 Å². The van der Waals surface area contributed by atoms with Gasteiger partial charge >= 0.3 is 0 Å². The van der Waals surface area contributed by atoms with Crippen molar-refractivity contribution < 1.29 is 19.1 Å². The summed E-state index contributed by atoms with van der Waals surface area (Å²) in [5.74, 6) is 0.129. The zero-order valence-corrected chi connectivity index (χ0v) is 20.0. The number of rotatable bonds is 5. The lowest BCUT2D eigenvalue weighted by atomic mass is 9.96. The van der Waals surface area contributed by atoms with Crippen LogP contribution in [0.4, 0.5) is 11.4 Å². The van der Waals surface area contributed by atoms with Gasteiger partial charge in [-0.05, 0) is 55.7 Å². The summed E-state index contributed by atoms with van der Waals surface area (Å²) in [6, 6.07) is 7.50. The number of aromatic nitrogens is 2. The van der Waals surface area contributed by atoms with Crippen molar-refractivity contribution >= 4 is 34.8 Å². The summed E-state index contributed by atoms with van der Waals surface area (Å²) in [5, 5.41) is 4.49. The average molecular weight is 476 g/mol. The van der Waals surface area contributed by atoms with E-state index in [1.165, 1.54) is 0 Å². The van der Waals surface area contributed by atoms with Gasteiger partial charge in [-0.25, -0.2) is 4.68 Å². The van der Waals surface area contributed by atoms with Crippen molar-refractivity contribution in [3.8, 4) is 0 Å². The number of benzene rings is 1. The smallest absolute Gasteiger partial charge is 0.277 e. The van der Waals surface area contributed by atoms with E-state index in [0.29, 0.717) is 43.6 Å². The number of methoxy groups -OCH3 is 1. The Morgan fingerprint density at radius 2 is 1.74 bits per heavy atom. The van der Waals surface area contributed by atoms with E-state index in [1.807, 2.05) is 43.3 Å². The van der Waals surface area contributed by atoms with E-state index in [9.17, 15) is 14.4 Å². The molecule has 1 atom stereocenters. The highest BCUT2D eigenvalue weighted by Gasteiger charge is 2.36. The number of primary amides is 1. The van der Waals surface area contributed by atoms with Crippen LogP contribution in [-0.2, 0) is 16.0 Å². The molecule has 0 bridgehead atoms. The monoisotopic (exact) mass is 475 g/mol. The normalized spacial score (nSPS) is 20.3. The second-order valence-corrected chi connectivity index (χ2v) is 9.21. The van der Waals surface area contributed by atoms with Gasteiger partial charge in [-0.2, -0.15) is 5.10 Å². The summed E-state index contributed by atoms with van der Waals surface area (Å²) in [4.78, 5) is 41.7. The van der Waals surface area contributed by atoms with Gasteiger partial charge in [0.05, 0.1) is 12.9 Å². The third-order valence-electron chi connectivity index (χ3n) is 7.01. The van der Waals surface area contributed by atoms with Crippen LogP contribution < -0.4 is 15.5 Å². The van der Waals surface area contributed by atoms with Gasteiger partial charge in [-0.1, -0.05) is 6.92 Å². The Morgan fingerprint density at radius 3 is 2.37 bits per heavy atom. The fourth-order valence-corrected chi connectivity index (χ4v) is 5.13. The SMILES string of the molecule is COC1=CC=C(n2nc(C(N)=O)c3c2C(=O)N(c2ccc(N4CCCCC4=O)cc2)CC3)C(C)C1. The van der Waals surface area contributed by atoms with Gasteiger partial charge in [0.15, 0.2) is 5.69 Å². The van der Waals surface area contributed by atoms with Crippen molar-refractivity contribution in [3.63, 3.8) is 0 Å². The topological polar surface area (TPSA) is 111 Å². The van der Waals surface area contributed by atoms with Crippen LogP contribution in [0.1, 0.15) is 59.1 Å². The van der Waals surface area contributed by atoms with Crippen molar-refractivity contribution in [1.29, 1.82) is 0 Å². The first-order chi connectivity index (χ1) is 16.9. The maximum atomic E-state index is 13.8. The molecular formula is C26H29N5O4. The standard InChI is InChI=1S/C26H29N5O4/c1-16-15-19(35-2)10-11-21(16)31-24-20(23(28-31)25(27)33)12-14-30(26(24)34)18-8-6-17(7-9-18)29-13-4-3-5-22(29)32/h6-11,16H,3-5,12-15H2,1-2H3,(H2,27,33). The van der Waals surface area contributed by atoms with Crippen LogP contribution in [-0.4, -0.2) is 47.7 Å². The number of anilines is 2. The van der Waals surface area contributed by atoms with Crippen molar-refractivity contribution in [3.05, 3.63) is 59.1 Å². The third kappa shape index (κ3) is 4.00. The molecule has 1 aromatic heterocycles. The number of carbonyl (C=O) groups excluding carboxylic acids is 3. The van der Waals surface area contributed by atoms with Gasteiger partial charge in [-0.15, -0.1) is 0 Å². The van der Waals surface area contributed by atoms with Gasteiger partial charge in [0.1, 0.15) is 5.69 Å². The minimum absolute atomic E-state index is 0.0317. The van der Waals surface area contributed by atoms with Crippen molar-refractivity contribution in [2.75, 3.05) is 30.0 Å². The maximum Gasteiger partial charge on any atom is 0.277 e. The molecule has 3 heterocycles. The number of piperidine rings is 1. The highest BCUT2D eigenvalue weighted by Crippen LogP contribution is 2.34. The number of fused-ring (bicyclic) bond motifs is 1. The van der Waals surface area contributed by atoms with Crippen molar-refractivity contribution in [2.24, 2.45) is 11.7 Å². The summed E-state index contributed by atoms with van der Waals surface area (Å²) in [5.41, 5.74) is 9.10. The van der Waals surface area contributed by atoms with Crippen LogP contribution in [0.2, 0.25) is 0 Å². The predicted molar refractivity (Wildman–Crippen MR) is 132 cm³/mol. The molecule has 1 aromatic carbocycles. The lowest BCUT2D eigenvalue weighted by molar-refractivity contribution is -0.119. The fourth-order valence-electron chi connectivity index (χ4n) is 5.13. The van der Waals surface area contributed by atoms with Crippen LogP contribution in [0, 0.1) is 5.92 Å². The molecule has 2 aromatic rings. The minimum atomic E-state index is -0.644.